The Hall–Kier alpha value is -1.82. The number of rotatable bonds is 3. The Morgan fingerprint density at radius 3 is 2.83 bits per heavy atom. The zero-order valence-corrected chi connectivity index (χ0v) is 10.1. The van der Waals surface area contributed by atoms with Crippen LogP contribution in [-0.2, 0) is 0 Å². The third-order valence-electron chi connectivity index (χ3n) is 2.35. The van der Waals surface area contributed by atoms with E-state index in [-0.39, 0.29) is 22.9 Å². The van der Waals surface area contributed by atoms with Crippen LogP contribution in [0.15, 0.2) is 18.3 Å². The monoisotopic (exact) mass is 271 g/mol. The van der Waals surface area contributed by atoms with Crippen LogP contribution < -0.4 is 0 Å². The maximum Gasteiger partial charge on any atom is 0.184 e. The number of nitrogens with zero attached hydrogens (tertiary/aromatic N) is 3. The molecule has 1 aromatic carbocycles. The number of carbonyl (C=O) groups is 1. The molecular formula is C11H8ClF2N3O. The molecule has 0 aliphatic rings. The predicted molar refractivity (Wildman–Crippen MR) is 60.9 cm³/mol. The van der Waals surface area contributed by atoms with Crippen LogP contribution in [0.5, 0.6) is 0 Å². The molecule has 0 aliphatic heterocycles. The van der Waals surface area contributed by atoms with Crippen molar-refractivity contribution >= 4 is 17.4 Å². The van der Waals surface area contributed by atoms with Crippen molar-refractivity contribution in [2.45, 2.75) is 13.3 Å². The number of benzene rings is 1. The summed E-state index contributed by atoms with van der Waals surface area (Å²) in [6.07, 6.45) is 1.41. The fraction of sp³-hybridized carbons (Fsp3) is 0.182. The molecule has 0 atom stereocenters. The van der Waals surface area contributed by atoms with Gasteiger partial charge in [0.15, 0.2) is 17.4 Å². The number of halogens is 3. The zero-order valence-electron chi connectivity index (χ0n) is 9.32. The normalized spacial score (nSPS) is 10.7. The highest BCUT2D eigenvalue weighted by Crippen LogP contribution is 2.23. The summed E-state index contributed by atoms with van der Waals surface area (Å²) in [6.45, 7) is 1.65. The highest BCUT2D eigenvalue weighted by Gasteiger charge is 2.17. The van der Waals surface area contributed by atoms with Gasteiger partial charge in [-0.15, -0.1) is 5.10 Å². The largest absolute Gasteiger partial charge is 0.292 e. The molecule has 0 fully saturated rings. The summed E-state index contributed by atoms with van der Waals surface area (Å²) in [5.41, 5.74) is -0.401. The van der Waals surface area contributed by atoms with Crippen molar-refractivity contribution < 1.29 is 13.6 Å². The molecule has 1 aromatic heterocycles. The van der Waals surface area contributed by atoms with E-state index in [0.29, 0.717) is 0 Å². The number of ketones is 1. The lowest BCUT2D eigenvalue weighted by atomic mass is 10.2. The van der Waals surface area contributed by atoms with E-state index in [9.17, 15) is 13.6 Å². The van der Waals surface area contributed by atoms with Gasteiger partial charge in [0, 0.05) is 6.42 Å². The summed E-state index contributed by atoms with van der Waals surface area (Å²) in [6, 6.07) is 2.12. The molecule has 0 saturated carbocycles. The summed E-state index contributed by atoms with van der Waals surface area (Å²) in [5, 5.41) is 6.86. The van der Waals surface area contributed by atoms with Crippen LogP contribution in [0.2, 0.25) is 5.02 Å². The van der Waals surface area contributed by atoms with E-state index < -0.39 is 17.3 Å². The lowest BCUT2D eigenvalue weighted by molar-refractivity contribution is 0.0983. The number of Topliss-reactive ketones (excluding diaryl/α,β-unsaturated/α-hetero) is 1. The molecule has 2 rings (SSSR count). The first-order valence-electron chi connectivity index (χ1n) is 5.14. The van der Waals surface area contributed by atoms with Crippen molar-refractivity contribution in [2.75, 3.05) is 0 Å². The second kappa shape index (κ2) is 4.81. The fourth-order valence-electron chi connectivity index (χ4n) is 1.41. The summed E-state index contributed by atoms with van der Waals surface area (Å²) >= 11 is 5.56. The smallest absolute Gasteiger partial charge is 0.184 e. The SMILES string of the molecule is CCC(=O)c1cn(-c2c(F)ccc(Cl)c2F)nn1. The van der Waals surface area contributed by atoms with Crippen LogP contribution in [0, 0.1) is 11.6 Å². The van der Waals surface area contributed by atoms with Gasteiger partial charge in [0.1, 0.15) is 11.4 Å². The first-order valence-corrected chi connectivity index (χ1v) is 5.51. The lowest BCUT2D eigenvalue weighted by Crippen LogP contribution is -2.03. The average molecular weight is 272 g/mol. The number of carbonyl (C=O) groups excluding carboxylic acids is 1. The summed E-state index contributed by atoms with van der Waals surface area (Å²) < 4.78 is 28.1. The number of hydrogen-bond acceptors (Lipinski definition) is 3. The molecule has 0 N–H and O–H groups in total. The van der Waals surface area contributed by atoms with Crippen LogP contribution in [0.25, 0.3) is 5.69 Å². The molecule has 1 heterocycles. The van der Waals surface area contributed by atoms with E-state index in [1.807, 2.05) is 0 Å². The van der Waals surface area contributed by atoms with Crippen molar-refractivity contribution in [3.8, 4) is 5.69 Å². The molecule has 0 aliphatic carbocycles. The standard InChI is InChI=1S/C11H8ClF2N3O/c1-2-9(18)8-5-17(16-15-8)11-7(13)4-3-6(12)10(11)14/h3-5H,2H2,1H3. The van der Waals surface area contributed by atoms with Gasteiger partial charge in [-0.1, -0.05) is 23.7 Å². The summed E-state index contributed by atoms with van der Waals surface area (Å²) in [5.74, 6) is -2.04. The molecule has 0 spiro atoms. The molecule has 0 bridgehead atoms. The first kappa shape index (κ1) is 12.6. The molecule has 7 heteroatoms. The van der Waals surface area contributed by atoms with Gasteiger partial charge >= 0.3 is 0 Å². The Balaban J connectivity index is 2.53. The lowest BCUT2D eigenvalue weighted by Gasteiger charge is -2.04. The Kier molecular flexibility index (Phi) is 3.38. The van der Waals surface area contributed by atoms with Crippen molar-refractivity contribution in [1.29, 1.82) is 0 Å². The molecule has 2 aromatic rings. The maximum atomic E-state index is 13.7. The topological polar surface area (TPSA) is 47.8 Å². The molecule has 18 heavy (non-hydrogen) atoms. The van der Waals surface area contributed by atoms with Crippen LogP contribution >= 0.6 is 11.6 Å². The highest BCUT2D eigenvalue weighted by atomic mass is 35.5. The van der Waals surface area contributed by atoms with Gasteiger partial charge in [0.05, 0.1) is 11.2 Å². The van der Waals surface area contributed by atoms with E-state index in [1.54, 1.807) is 6.92 Å². The first-order chi connectivity index (χ1) is 8.54. The van der Waals surface area contributed by atoms with Crippen LogP contribution in [0.3, 0.4) is 0 Å². The Labute approximate surface area is 106 Å². The molecular weight excluding hydrogens is 264 g/mol. The van der Waals surface area contributed by atoms with E-state index in [2.05, 4.69) is 10.3 Å². The van der Waals surface area contributed by atoms with E-state index in [0.717, 1.165) is 16.8 Å². The van der Waals surface area contributed by atoms with Gasteiger partial charge in [0.2, 0.25) is 0 Å². The Morgan fingerprint density at radius 1 is 1.44 bits per heavy atom. The van der Waals surface area contributed by atoms with Gasteiger partial charge < -0.3 is 0 Å². The minimum atomic E-state index is -0.947. The Bertz CT molecular complexity index is 612. The van der Waals surface area contributed by atoms with E-state index in [1.165, 1.54) is 6.20 Å². The highest BCUT2D eigenvalue weighted by molar-refractivity contribution is 6.30. The van der Waals surface area contributed by atoms with Gasteiger partial charge in [-0.2, -0.15) is 0 Å². The Morgan fingerprint density at radius 2 is 2.17 bits per heavy atom. The van der Waals surface area contributed by atoms with Crippen LogP contribution in [-0.4, -0.2) is 20.8 Å². The molecule has 0 radical (unpaired) electrons. The molecule has 94 valence electrons. The van der Waals surface area contributed by atoms with Gasteiger partial charge in [0.25, 0.3) is 0 Å². The molecule has 4 nitrogen and oxygen atoms in total. The zero-order chi connectivity index (χ0) is 13.3. The van der Waals surface area contributed by atoms with Gasteiger partial charge in [-0.25, -0.2) is 13.5 Å². The molecule has 0 unspecified atom stereocenters. The quantitative estimate of drug-likeness (QED) is 0.637. The maximum absolute atomic E-state index is 13.7. The third-order valence-corrected chi connectivity index (χ3v) is 2.64. The number of hydrogen-bond donors (Lipinski definition) is 0. The minimum absolute atomic E-state index is 0.0521. The third kappa shape index (κ3) is 2.11. The fourth-order valence-corrected chi connectivity index (χ4v) is 1.56. The minimum Gasteiger partial charge on any atom is -0.292 e. The van der Waals surface area contributed by atoms with E-state index >= 15 is 0 Å². The van der Waals surface area contributed by atoms with Crippen LogP contribution in [0.4, 0.5) is 8.78 Å². The molecule has 0 amide bonds. The number of aromatic nitrogens is 3. The second-order valence-electron chi connectivity index (χ2n) is 3.52. The summed E-state index contributed by atoms with van der Waals surface area (Å²) in [7, 11) is 0. The average Bonchev–Trinajstić information content (AvgIpc) is 2.83. The van der Waals surface area contributed by atoms with E-state index in [4.69, 9.17) is 11.6 Å². The van der Waals surface area contributed by atoms with Crippen molar-refractivity contribution in [3.05, 3.63) is 40.7 Å². The molecule has 0 saturated heterocycles. The van der Waals surface area contributed by atoms with Crippen molar-refractivity contribution in [2.24, 2.45) is 0 Å². The van der Waals surface area contributed by atoms with Crippen LogP contribution in [0.1, 0.15) is 23.8 Å². The second-order valence-corrected chi connectivity index (χ2v) is 3.92. The summed E-state index contributed by atoms with van der Waals surface area (Å²) in [4.78, 5) is 11.4. The predicted octanol–water partition coefficient (Wildman–Crippen LogP) is 2.79. The van der Waals surface area contributed by atoms with Crippen molar-refractivity contribution in [1.82, 2.24) is 15.0 Å². The van der Waals surface area contributed by atoms with Crippen molar-refractivity contribution in [3.63, 3.8) is 0 Å². The van der Waals surface area contributed by atoms with Gasteiger partial charge in [-0.05, 0) is 12.1 Å². The van der Waals surface area contributed by atoms with Gasteiger partial charge in [-0.3, -0.25) is 4.79 Å².